The van der Waals surface area contributed by atoms with E-state index in [1.807, 2.05) is 30.3 Å². The van der Waals surface area contributed by atoms with Gasteiger partial charge in [-0.25, -0.2) is 4.39 Å². The van der Waals surface area contributed by atoms with E-state index in [1.54, 1.807) is 6.08 Å². The first-order valence-electron chi connectivity index (χ1n) is 8.69. The number of amides is 1. The maximum Gasteiger partial charge on any atom is 0.266 e. The number of carbonyl (C=O) groups is 1. The molecule has 0 aliphatic carbocycles. The molecule has 1 fully saturated rings. The number of halogens is 1. The first-order chi connectivity index (χ1) is 12.7. The Bertz CT molecular complexity index is 829. The Morgan fingerprint density at radius 2 is 1.69 bits per heavy atom. The minimum atomic E-state index is -0.515. The third-order valence-electron chi connectivity index (χ3n) is 4.39. The summed E-state index contributed by atoms with van der Waals surface area (Å²) in [6.07, 6.45) is 5.26. The zero-order valence-electron chi connectivity index (χ0n) is 14.4. The molecule has 1 aliphatic heterocycles. The van der Waals surface area contributed by atoms with Gasteiger partial charge in [0, 0.05) is 24.5 Å². The lowest BCUT2D eigenvalue weighted by atomic mass is 10.1. The molecule has 0 unspecified atom stereocenters. The molecule has 1 saturated heterocycles. The molecule has 26 heavy (non-hydrogen) atoms. The van der Waals surface area contributed by atoms with E-state index < -0.39 is 5.91 Å². The van der Waals surface area contributed by atoms with E-state index in [0.717, 1.165) is 24.3 Å². The average Bonchev–Trinajstić information content (AvgIpc) is 2.69. The summed E-state index contributed by atoms with van der Waals surface area (Å²) >= 11 is 0. The van der Waals surface area contributed by atoms with Crippen LogP contribution in [0.1, 0.15) is 24.8 Å². The van der Waals surface area contributed by atoms with Gasteiger partial charge in [-0.2, -0.15) is 5.26 Å². The average molecular weight is 349 g/mol. The van der Waals surface area contributed by atoms with Gasteiger partial charge < -0.3 is 10.2 Å². The highest BCUT2D eigenvalue weighted by Gasteiger charge is 2.12. The molecule has 132 valence electrons. The maximum absolute atomic E-state index is 12.9. The fraction of sp³-hybridized carbons (Fsp3) is 0.238. The largest absolute Gasteiger partial charge is 0.372 e. The van der Waals surface area contributed by atoms with Gasteiger partial charge in [0.1, 0.15) is 17.5 Å². The quantitative estimate of drug-likeness (QED) is 0.659. The fourth-order valence-corrected chi connectivity index (χ4v) is 2.98. The van der Waals surface area contributed by atoms with Crippen LogP contribution in [0.15, 0.2) is 54.1 Å². The predicted molar refractivity (Wildman–Crippen MR) is 101 cm³/mol. The van der Waals surface area contributed by atoms with Gasteiger partial charge in [0.25, 0.3) is 5.91 Å². The zero-order chi connectivity index (χ0) is 18.4. The van der Waals surface area contributed by atoms with Crippen LogP contribution in [0.4, 0.5) is 15.8 Å². The van der Waals surface area contributed by atoms with Crippen LogP contribution in [0.25, 0.3) is 6.08 Å². The highest BCUT2D eigenvalue weighted by Crippen LogP contribution is 2.21. The van der Waals surface area contributed by atoms with Crippen LogP contribution in [0, 0.1) is 17.1 Å². The number of carbonyl (C=O) groups excluding carboxylic acids is 1. The molecule has 1 N–H and O–H groups in total. The third kappa shape index (κ3) is 4.48. The standard InChI is InChI=1S/C21H20FN3O/c22-18-6-8-19(9-7-18)24-21(26)17(15-23)14-16-4-10-20(11-5-16)25-12-2-1-3-13-25/h4-11,14H,1-3,12-13H2,(H,24,26). The summed E-state index contributed by atoms with van der Waals surface area (Å²) in [6.45, 7) is 2.14. The number of hydrogen-bond acceptors (Lipinski definition) is 3. The zero-order valence-corrected chi connectivity index (χ0v) is 14.4. The van der Waals surface area contributed by atoms with Crippen LogP contribution in [-0.2, 0) is 4.79 Å². The number of nitrogens with zero attached hydrogens (tertiary/aromatic N) is 2. The van der Waals surface area contributed by atoms with Gasteiger partial charge in [-0.3, -0.25) is 4.79 Å². The van der Waals surface area contributed by atoms with Gasteiger partial charge in [0.05, 0.1) is 0 Å². The minimum absolute atomic E-state index is 0.0000440. The summed E-state index contributed by atoms with van der Waals surface area (Å²) in [5.41, 5.74) is 2.39. The highest BCUT2D eigenvalue weighted by atomic mass is 19.1. The second-order valence-electron chi connectivity index (χ2n) is 6.27. The molecule has 1 heterocycles. The molecule has 3 rings (SSSR count). The Labute approximate surface area is 152 Å². The lowest BCUT2D eigenvalue weighted by Crippen LogP contribution is -2.29. The van der Waals surface area contributed by atoms with E-state index in [2.05, 4.69) is 10.2 Å². The topological polar surface area (TPSA) is 56.1 Å². The van der Waals surface area contributed by atoms with Gasteiger partial charge in [-0.15, -0.1) is 0 Å². The summed E-state index contributed by atoms with van der Waals surface area (Å²) in [5, 5.41) is 11.9. The van der Waals surface area contributed by atoms with E-state index in [-0.39, 0.29) is 11.4 Å². The molecular weight excluding hydrogens is 329 g/mol. The van der Waals surface area contributed by atoms with Crippen molar-refractivity contribution in [3.05, 3.63) is 65.5 Å². The van der Waals surface area contributed by atoms with E-state index in [0.29, 0.717) is 5.69 Å². The molecule has 0 atom stereocenters. The Kier molecular flexibility index (Phi) is 5.65. The van der Waals surface area contributed by atoms with Crippen molar-refractivity contribution in [1.29, 1.82) is 5.26 Å². The second-order valence-corrected chi connectivity index (χ2v) is 6.27. The minimum Gasteiger partial charge on any atom is -0.372 e. The number of benzene rings is 2. The van der Waals surface area contributed by atoms with Gasteiger partial charge in [0.2, 0.25) is 0 Å². The number of rotatable bonds is 4. The molecule has 2 aromatic rings. The first kappa shape index (κ1) is 17.7. The fourth-order valence-electron chi connectivity index (χ4n) is 2.98. The summed E-state index contributed by atoms with van der Waals surface area (Å²) in [6, 6.07) is 15.2. The lowest BCUT2D eigenvalue weighted by Gasteiger charge is -2.28. The first-order valence-corrected chi connectivity index (χ1v) is 8.69. The Balaban J connectivity index is 1.70. The van der Waals surface area contributed by atoms with Crippen molar-refractivity contribution in [2.45, 2.75) is 19.3 Å². The molecule has 4 nitrogen and oxygen atoms in total. The number of hydrogen-bond donors (Lipinski definition) is 1. The van der Waals surface area contributed by atoms with Crippen molar-refractivity contribution in [1.82, 2.24) is 0 Å². The maximum atomic E-state index is 12.9. The molecule has 0 aromatic heterocycles. The number of anilines is 2. The van der Waals surface area contributed by atoms with Crippen molar-refractivity contribution in [3.8, 4) is 6.07 Å². The number of piperidine rings is 1. The van der Waals surface area contributed by atoms with Crippen molar-refractivity contribution in [3.63, 3.8) is 0 Å². The van der Waals surface area contributed by atoms with Crippen LogP contribution in [0.2, 0.25) is 0 Å². The van der Waals surface area contributed by atoms with Gasteiger partial charge in [0.15, 0.2) is 0 Å². The Hall–Kier alpha value is -3.13. The molecular formula is C21H20FN3O. The van der Waals surface area contributed by atoms with Gasteiger partial charge >= 0.3 is 0 Å². The molecule has 5 heteroatoms. The van der Waals surface area contributed by atoms with Crippen molar-refractivity contribution < 1.29 is 9.18 Å². The predicted octanol–water partition coefficient (Wildman–Crippen LogP) is 4.36. The van der Waals surface area contributed by atoms with E-state index in [1.165, 1.54) is 43.5 Å². The smallest absolute Gasteiger partial charge is 0.266 e. The molecule has 2 aromatic carbocycles. The third-order valence-corrected chi connectivity index (χ3v) is 4.39. The van der Waals surface area contributed by atoms with Crippen molar-refractivity contribution >= 4 is 23.4 Å². The van der Waals surface area contributed by atoms with Gasteiger partial charge in [-0.05, 0) is 67.3 Å². The van der Waals surface area contributed by atoms with Gasteiger partial charge in [-0.1, -0.05) is 12.1 Å². The summed E-state index contributed by atoms with van der Waals surface area (Å²) in [5.74, 6) is -0.896. The van der Waals surface area contributed by atoms with Crippen LogP contribution in [0.3, 0.4) is 0 Å². The molecule has 0 saturated carbocycles. The molecule has 1 aliphatic rings. The second kappa shape index (κ2) is 8.30. The molecule has 0 bridgehead atoms. The summed E-state index contributed by atoms with van der Waals surface area (Å²) < 4.78 is 12.9. The number of nitrogens with one attached hydrogen (secondary N) is 1. The summed E-state index contributed by atoms with van der Waals surface area (Å²) in [4.78, 5) is 14.6. The SMILES string of the molecule is N#CC(=Cc1ccc(N2CCCCC2)cc1)C(=O)Nc1ccc(F)cc1. The lowest BCUT2D eigenvalue weighted by molar-refractivity contribution is -0.112. The molecule has 0 radical (unpaired) electrons. The van der Waals surface area contributed by atoms with Crippen LogP contribution < -0.4 is 10.2 Å². The van der Waals surface area contributed by atoms with E-state index in [9.17, 15) is 14.4 Å². The monoisotopic (exact) mass is 349 g/mol. The van der Waals surface area contributed by atoms with Crippen LogP contribution >= 0.6 is 0 Å². The van der Waals surface area contributed by atoms with Crippen molar-refractivity contribution in [2.75, 3.05) is 23.3 Å². The summed E-state index contributed by atoms with van der Waals surface area (Å²) in [7, 11) is 0. The van der Waals surface area contributed by atoms with E-state index in [4.69, 9.17) is 0 Å². The Morgan fingerprint density at radius 1 is 1.04 bits per heavy atom. The van der Waals surface area contributed by atoms with Crippen LogP contribution in [-0.4, -0.2) is 19.0 Å². The van der Waals surface area contributed by atoms with Crippen molar-refractivity contribution in [2.24, 2.45) is 0 Å². The van der Waals surface area contributed by atoms with E-state index >= 15 is 0 Å². The van der Waals surface area contributed by atoms with Crippen LogP contribution in [0.5, 0.6) is 0 Å². The Morgan fingerprint density at radius 3 is 2.31 bits per heavy atom. The molecule has 0 spiro atoms. The number of nitriles is 1. The molecule has 1 amide bonds. The normalized spacial score (nSPS) is 14.6. The highest BCUT2D eigenvalue weighted by molar-refractivity contribution is 6.09.